The average Bonchev–Trinajstić information content (AvgIpc) is 2.79. The molecule has 1 saturated carbocycles. The van der Waals surface area contributed by atoms with Crippen molar-refractivity contribution in [2.24, 2.45) is 5.92 Å². The second-order valence-corrected chi connectivity index (χ2v) is 4.57. The summed E-state index contributed by atoms with van der Waals surface area (Å²) in [4.78, 5) is 0. The molecule has 86 valence electrons. The van der Waals surface area contributed by atoms with E-state index in [2.05, 4.69) is 12.2 Å². The van der Waals surface area contributed by atoms with E-state index in [-0.39, 0.29) is 6.29 Å². The first kappa shape index (κ1) is 11.2. The van der Waals surface area contributed by atoms with E-state index < -0.39 is 0 Å². The molecule has 0 amide bonds. The Bertz CT molecular complexity index is 189. The molecule has 0 radical (unpaired) electrons. The van der Waals surface area contributed by atoms with Gasteiger partial charge in [-0.25, -0.2) is 0 Å². The van der Waals surface area contributed by atoms with Crippen LogP contribution >= 0.6 is 0 Å². The Morgan fingerprint density at radius 1 is 1.00 bits per heavy atom. The molecule has 1 aliphatic heterocycles. The summed E-state index contributed by atoms with van der Waals surface area (Å²) in [5, 5.41) is 0. The highest BCUT2D eigenvalue weighted by molar-refractivity contribution is 4.89. The lowest BCUT2D eigenvalue weighted by Gasteiger charge is -2.17. The molecule has 0 aromatic heterocycles. The van der Waals surface area contributed by atoms with E-state index in [9.17, 15) is 0 Å². The van der Waals surface area contributed by atoms with E-state index in [0.717, 1.165) is 32.0 Å². The zero-order valence-corrected chi connectivity index (χ0v) is 9.49. The van der Waals surface area contributed by atoms with Gasteiger partial charge in [-0.3, -0.25) is 0 Å². The molecule has 2 aliphatic rings. The molecule has 1 aliphatic carbocycles. The van der Waals surface area contributed by atoms with Gasteiger partial charge in [-0.15, -0.1) is 0 Å². The van der Waals surface area contributed by atoms with Crippen molar-refractivity contribution in [1.29, 1.82) is 0 Å². The second kappa shape index (κ2) is 6.29. The van der Waals surface area contributed by atoms with Gasteiger partial charge in [0.1, 0.15) is 0 Å². The zero-order valence-electron chi connectivity index (χ0n) is 9.49. The smallest absolute Gasteiger partial charge is 0.158 e. The van der Waals surface area contributed by atoms with E-state index in [1.54, 1.807) is 0 Å². The quantitative estimate of drug-likeness (QED) is 0.663. The fraction of sp³-hybridized carbons (Fsp3) is 0.846. The molecule has 0 spiro atoms. The fourth-order valence-corrected chi connectivity index (χ4v) is 2.42. The van der Waals surface area contributed by atoms with Crippen LogP contribution in [0.15, 0.2) is 12.2 Å². The van der Waals surface area contributed by atoms with Gasteiger partial charge in [-0.1, -0.05) is 31.4 Å². The van der Waals surface area contributed by atoms with Crippen LogP contribution in [0.1, 0.15) is 44.9 Å². The summed E-state index contributed by atoms with van der Waals surface area (Å²) in [5.74, 6) is 0.851. The molecule has 2 rings (SSSR count). The van der Waals surface area contributed by atoms with Crippen LogP contribution in [0.25, 0.3) is 0 Å². The van der Waals surface area contributed by atoms with Crippen molar-refractivity contribution in [2.75, 3.05) is 13.2 Å². The SMILES string of the molecule is C(=C\C1CCCCC1)/CCC1OCCO1. The average molecular weight is 210 g/mol. The maximum atomic E-state index is 5.39. The van der Waals surface area contributed by atoms with E-state index in [1.165, 1.54) is 32.1 Å². The molecule has 15 heavy (non-hydrogen) atoms. The van der Waals surface area contributed by atoms with Crippen LogP contribution in [0.3, 0.4) is 0 Å². The van der Waals surface area contributed by atoms with Gasteiger partial charge in [-0.2, -0.15) is 0 Å². The second-order valence-electron chi connectivity index (χ2n) is 4.57. The van der Waals surface area contributed by atoms with Crippen molar-refractivity contribution in [2.45, 2.75) is 51.2 Å². The minimum atomic E-state index is 0.0704. The number of hydrogen-bond donors (Lipinski definition) is 0. The Kier molecular flexibility index (Phi) is 4.68. The lowest BCUT2D eigenvalue weighted by molar-refractivity contribution is -0.0457. The van der Waals surface area contributed by atoms with Crippen LogP contribution in [0.2, 0.25) is 0 Å². The Hall–Kier alpha value is -0.340. The summed E-state index contributed by atoms with van der Waals surface area (Å²) in [6, 6.07) is 0. The number of ether oxygens (including phenoxy) is 2. The largest absolute Gasteiger partial charge is 0.350 e. The van der Waals surface area contributed by atoms with Crippen molar-refractivity contribution in [3.63, 3.8) is 0 Å². The molecule has 0 atom stereocenters. The summed E-state index contributed by atoms with van der Waals surface area (Å²) in [7, 11) is 0. The molecule has 2 nitrogen and oxygen atoms in total. The first-order chi connectivity index (χ1) is 7.45. The maximum Gasteiger partial charge on any atom is 0.158 e. The van der Waals surface area contributed by atoms with Crippen molar-refractivity contribution in [3.8, 4) is 0 Å². The summed E-state index contributed by atoms with van der Waals surface area (Å²) < 4.78 is 10.8. The molecular formula is C13H22O2. The minimum absolute atomic E-state index is 0.0704. The summed E-state index contributed by atoms with van der Waals surface area (Å²) in [5.41, 5.74) is 0. The van der Waals surface area contributed by atoms with Gasteiger partial charge in [0.15, 0.2) is 6.29 Å². The van der Waals surface area contributed by atoms with Crippen LogP contribution in [-0.2, 0) is 9.47 Å². The maximum absolute atomic E-state index is 5.39. The molecule has 0 unspecified atom stereocenters. The Morgan fingerprint density at radius 2 is 1.73 bits per heavy atom. The summed E-state index contributed by atoms with van der Waals surface area (Å²) in [6.07, 6.45) is 14.0. The highest BCUT2D eigenvalue weighted by Gasteiger charge is 2.14. The molecule has 0 N–H and O–H groups in total. The fourth-order valence-electron chi connectivity index (χ4n) is 2.42. The summed E-state index contributed by atoms with van der Waals surface area (Å²) in [6.45, 7) is 1.55. The van der Waals surface area contributed by atoms with E-state index in [0.29, 0.717) is 0 Å². The zero-order chi connectivity index (χ0) is 10.3. The predicted octanol–water partition coefficient (Wildman–Crippen LogP) is 3.28. The number of allylic oxidation sites excluding steroid dienone is 2. The van der Waals surface area contributed by atoms with Crippen molar-refractivity contribution in [1.82, 2.24) is 0 Å². The van der Waals surface area contributed by atoms with E-state index >= 15 is 0 Å². The molecule has 1 heterocycles. The van der Waals surface area contributed by atoms with Crippen LogP contribution < -0.4 is 0 Å². The third-order valence-electron chi connectivity index (χ3n) is 3.32. The molecular weight excluding hydrogens is 188 g/mol. The van der Waals surface area contributed by atoms with Crippen LogP contribution in [0.5, 0.6) is 0 Å². The Balaban J connectivity index is 1.57. The lowest BCUT2D eigenvalue weighted by atomic mass is 9.89. The Labute approximate surface area is 92.6 Å². The molecule has 0 aromatic carbocycles. The first-order valence-corrected chi connectivity index (χ1v) is 6.35. The monoisotopic (exact) mass is 210 g/mol. The van der Waals surface area contributed by atoms with Crippen molar-refractivity contribution >= 4 is 0 Å². The standard InChI is InChI=1S/C13H22O2/c1-2-6-12(7-3-1)8-4-5-9-13-14-10-11-15-13/h4,8,12-13H,1-3,5-7,9-11H2/b8-4+. The summed E-state index contributed by atoms with van der Waals surface area (Å²) >= 11 is 0. The van der Waals surface area contributed by atoms with E-state index in [1.807, 2.05) is 0 Å². The third kappa shape index (κ3) is 3.96. The number of hydrogen-bond acceptors (Lipinski definition) is 2. The van der Waals surface area contributed by atoms with Gasteiger partial charge in [0, 0.05) is 6.42 Å². The third-order valence-corrected chi connectivity index (χ3v) is 3.32. The van der Waals surface area contributed by atoms with E-state index in [4.69, 9.17) is 9.47 Å². The van der Waals surface area contributed by atoms with Gasteiger partial charge in [-0.05, 0) is 25.2 Å². The van der Waals surface area contributed by atoms with Crippen molar-refractivity contribution in [3.05, 3.63) is 12.2 Å². The normalized spacial score (nSPS) is 25.3. The minimum Gasteiger partial charge on any atom is -0.350 e. The molecule has 2 fully saturated rings. The van der Waals surface area contributed by atoms with Gasteiger partial charge >= 0.3 is 0 Å². The van der Waals surface area contributed by atoms with Crippen LogP contribution in [-0.4, -0.2) is 19.5 Å². The van der Waals surface area contributed by atoms with Crippen molar-refractivity contribution < 1.29 is 9.47 Å². The lowest BCUT2D eigenvalue weighted by Crippen LogP contribution is -2.06. The molecule has 0 aromatic rings. The highest BCUT2D eigenvalue weighted by Crippen LogP contribution is 2.24. The first-order valence-electron chi connectivity index (χ1n) is 6.35. The predicted molar refractivity (Wildman–Crippen MR) is 60.6 cm³/mol. The topological polar surface area (TPSA) is 18.5 Å². The van der Waals surface area contributed by atoms with Crippen LogP contribution in [0.4, 0.5) is 0 Å². The van der Waals surface area contributed by atoms with Gasteiger partial charge in [0.2, 0.25) is 0 Å². The molecule has 1 saturated heterocycles. The van der Waals surface area contributed by atoms with Gasteiger partial charge in [0.25, 0.3) is 0 Å². The molecule has 0 bridgehead atoms. The molecule has 2 heteroatoms. The Morgan fingerprint density at radius 3 is 2.47 bits per heavy atom. The highest BCUT2D eigenvalue weighted by atomic mass is 16.7. The van der Waals surface area contributed by atoms with Crippen LogP contribution in [0, 0.1) is 5.92 Å². The number of rotatable bonds is 4. The van der Waals surface area contributed by atoms with Gasteiger partial charge < -0.3 is 9.47 Å². The van der Waals surface area contributed by atoms with Gasteiger partial charge in [0.05, 0.1) is 13.2 Å².